The van der Waals surface area contributed by atoms with Crippen molar-refractivity contribution in [3.05, 3.63) is 107 Å². The van der Waals surface area contributed by atoms with Crippen molar-refractivity contribution in [3.8, 4) is 0 Å². The normalized spacial score (nSPS) is 16.1. The molecule has 0 bridgehead atoms. The average Bonchev–Trinajstić information content (AvgIpc) is 3.09. The van der Waals surface area contributed by atoms with E-state index >= 15 is 0 Å². The SMILES string of the molecule is C[n+]1c(/C=C/c2cccc(/C=C/c3cc(N4CCOCC4)c4ccccc4[n+]3C)c2)cc(N2CCOCC2)c2ccccc21. The third-order valence-corrected chi connectivity index (χ3v) is 8.93. The molecule has 0 unspecified atom stereocenters. The highest BCUT2D eigenvalue weighted by atomic mass is 16.5. The van der Waals surface area contributed by atoms with Gasteiger partial charge in [-0.15, -0.1) is 0 Å². The first kappa shape index (κ1) is 28.3. The molecular weight excluding hydrogens is 544 g/mol. The summed E-state index contributed by atoms with van der Waals surface area (Å²) in [7, 11) is 4.30. The molecule has 0 aliphatic carbocycles. The Morgan fingerprint density at radius 3 is 1.41 bits per heavy atom. The quantitative estimate of drug-likeness (QED) is 0.241. The second-order valence-electron chi connectivity index (χ2n) is 11.6. The van der Waals surface area contributed by atoms with Crippen LogP contribution in [0.2, 0.25) is 0 Å². The summed E-state index contributed by atoms with van der Waals surface area (Å²) in [5.74, 6) is 0. The van der Waals surface area contributed by atoms with Crippen molar-refractivity contribution in [1.29, 1.82) is 0 Å². The number of hydrogen-bond acceptors (Lipinski definition) is 4. The molecule has 2 aliphatic rings. The fourth-order valence-corrected chi connectivity index (χ4v) is 6.45. The standard InChI is InChI=1S/C38H40N4O2/c1-39-31(27-37(41-18-22-43-23-19-41)33-10-3-5-12-35(33)39)16-14-29-8-7-9-30(26-29)15-17-32-28-38(42-20-24-44-25-21-42)34-11-4-6-13-36(34)40(32)2/h3-17,26-28H,18-25H2,1-2H3/q+2/b16-14+,17-15+. The lowest BCUT2D eigenvalue weighted by Gasteiger charge is -2.29. The third-order valence-electron chi connectivity index (χ3n) is 8.93. The maximum Gasteiger partial charge on any atom is 0.214 e. The fourth-order valence-electron chi connectivity index (χ4n) is 6.45. The maximum atomic E-state index is 5.64. The summed E-state index contributed by atoms with van der Waals surface area (Å²) in [5, 5.41) is 2.56. The lowest BCUT2D eigenvalue weighted by Crippen LogP contribution is -2.38. The predicted octanol–water partition coefficient (Wildman–Crippen LogP) is 5.66. The molecule has 44 heavy (non-hydrogen) atoms. The molecule has 3 aromatic carbocycles. The molecule has 6 heteroatoms. The van der Waals surface area contributed by atoms with Crippen molar-refractivity contribution < 1.29 is 18.6 Å². The Morgan fingerprint density at radius 1 is 0.523 bits per heavy atom. The van der Waals surface area contributed by atoms with Crippen molar-refractivity contribution >= 4 is 57.5 Å². The predicted molar refractivity (Wildman–Crippen MR) is 181 cm³/mol. The zero-order valence-corrected chi connectivity index (χ0v) is 25.7. The number of fused-ring (bicyclic) bond motifs is 2. The average molecular weight is 585 g/mol. The van der Waals surface area contributed by atoms with Gasteiger partial charge in [0.15, 0.2) is 0 Å². The molecule has 2 saturated heterocycles. The van der Waals surface area contributed by atoms with E-state index in [0.29, 0.717) is 0 Å². The summed E-state index contributed by atoms with van der Waals surface area (Å²) in [6.45, 7) is 6.74. The van der Waals surface area contributed by atoms with Gasteiger partial charge in [-0.25, -0.2) is 0 Å². The molecule has 0 atom stereocenters. The van der Waals surface area contributed by atoms with E-state index in [-0.39, 0.29) is 0 Å². The Hall–Kier alpha value is -4.52. The van der Waals surface area contributed by atoms with Gasteiger partial charge in [-0.05, 0) is 41.5 Å². The van der Waals surface area contributed by atoms with Gasteiger partial charge in [-0.2, -0.15) is 9.13 Å². The second kappa shape index (κ2) is 12.6. The summed E-state index contributed by atoms with van der Waals surface area (Å²) in [6.07, 6.45) is 8.91. The number of aryl methyl sites for hydroxylation is 2. The van der Waals surface area contributed by atoms with Crippen molar-refractivity contribution in [3.63, 3.8) is 0 Å². The van der Waals surface area contributed by atoms with Crippen molar-refractivity contribution in [2.45, 2.75) is 0 Å². The van der Waals surface area contributed by atoms with Crippen LogP contribution >= 0.6 is 0 Å². The van der Waals surface area contributed by atoms with Crippen LogP contribution in [-0.2, 0) is 23.6 Å². The number of morpholine rings is 2. The van der Waals surface area contributed by atoms with Crippen LogP contribution in [-0.4, -0.2) is 52.6 Å². The van der Waals surface area contributed by atoms with E-state index in [4.69, 9.17) is 9.47 Å². The highest BCUT2D eigenvalue weighted by Crippen LogP contribution is 2.29. The number of pyridine rings is 2. The minimum atomic E-state index is 0.770. The number of anilines is 2. The molecule has 2 fully saturated rings. The Balaban J connectivity index is 1.19. The van der Waals surface area contributed by atoms with Gasteiger partial charge in [0.25, 0.3) is 0 Å². The zero-order valence-electron chi connectivity index (χ0n) is 25.7. The summed E-state index contributed by atoms with van der Waals surface area (Å²) in [5.41, 5.74) is 9.70. The van der Waals surface area contributed by atoms with Gasteiger partial charge >= 0.3 is 0 Å². The number of hydrogen-bond donors (Lipinski definition) is 0. The Kier molecular flexibility index (Phi) is 8.10. The van der Waals surface area contributed by atoms with Gasteiger partial charge in [0.1, 0.15) is 14.1 Å². The number of para-hydroxylation sites is 2. The van der Waals surface area contributed by atoms with Crippen LogP contribution in [0.15, 0.2) is 84.9 Å². The fraction of sp³-hybridized carbons (Fsp3) is 0.263. The largest absolute Gasteiger partial charge is 0.378 e. The van der Waals surface area contributed by atoms with E-state index in [1.54, 1.807) is 0 Å². The molecule has 4 heterocycles. The lowest BCUT2D eigenvalue weighted by atomic mass is 10.1. The number of aromatic nitrogens is 2. The molecule has 2 aliphatic heterocycles. The first-order chi connectivity index (χ1) is 21.7. The van der Waals surface area contributed by atoms with Gasteiger partial charge in [0.2, 0.25) is 22.4 Å². The van der Waals surface area contributed by atoms with Crippen LogP contribution in [0.3, 0.4) is 0 Å². The van der Waals surface area contributed by atoms with Crippen LogP contribution in [0.4, 0.5) is 11.4 Å². The molecule has 2 aromatic heterocycles. The van der Waals surface area contributed by atoms with Gasteiger partial charge < -0.3 is 19.3 Å². The van der Waals surface area contributed by atoms with E-state index in [1.165, 1.54) is 55.7 Å². The molecule has 5 aromatic rings. The topological polar surface area (TPSA) is 32.7 Å². The molecule has 0 spiro atoms. The van der Waals surface area contributed by atoms with Crippen LogP contribution in [0.25, 0.3) is 46.1 Å². The minimum Gasteiger partial charge on any atom is -0.378 e. The number of rotatable bonds is 6. The molecule has 222 valence electrons. The number of benzene rings is 3. The van der Waals surface area contributed by atoms with Crippen molar-refractivity contribution in [2.75, 3.05) is 62.4 Å². The third kappa shape index (κ3) is 5.71. The first-order valence-electron chi connectivity index (χ1n) is 15.6. The minimum absolute atomic E-state index is 0.770. The second-order valence-corrected chi connectivity index (χ2v) is 11.6. The van der Waals surface area contributed by atoms with Crippen LogP contribution in [0, 0.1) is 0 Å². The van der Waals surface area contributed by atoms with Gasteiger partial charge in [-0.3, -0.25) is 0 Å². The summed E-state index contributed by atoms with van der Waals surface area (Å²) < 4.78 is 15.8. The maximum absolute atomic E-state index is 5.64. The first-order valence-corrected chi connectivity index (χ1v) is 15.6. The van der Waals surface area contributed by atoms with Gasteiger partial charge in [0, 0.05) is 62.6 Å². The van der Waals surface area contributed by atoms with Crippen LogP contribution in [0.5, 0.6) is 0 Å². The summed E-state index contributed by atoms with van der Waals surface area (Å²) in [6, 6.07) is 30.7. The van der Waals surface area contributed by atoms with E-state index < -0.39 is 0 Å². The van der Waals surface area contributed by atoms with E-state index in [0.717, 1.165) is 52.6 Å². The molecule has 7 rings (SSSR count). The molecule has 0 N–H and O–H groups in total. The van der Waals surface area contributed by atoms with E-state index in [9.17, 15) is 0 Å². The zero-order chi connectivity index (χ0) is 29.9. The van der Waals surface area contributed by atoms with Crippen LogP contribution in [0.1, 0.15) is 22.5 Å². The van der Waals surface area contributed by atoms with E-state index in [1.807, 2.05) is 0 Å². The highest BCUT2D eigenvalue weighted by Gasteiger charge is 2.21. The van der Waals surface area contributed by atoms with Crippen LogP contribution < -0.4 is 18.9 Å². The Morgan fingerprint density at radius 2 is 0.955 bits per heavy atom. The monoisotopic (exact) mass is 584 g/mol. The van der Waals surface area contributed by atoms with Gasteiger partial charge in [0.05, 0.1) is 48.6 Å². The molecule has 0 saturated carbocycles. The molecule has 6 nitrogen and oxygen atoms in total. The highest BCUT2D eigenvalue weighted by molar-refractivity contribution is 5.92. The Labute approximate surface area is 259 Å². The number of nitrogens with zero attached hydrogens (tertiary/aromatic N) is 4. The summed E-state index contributed by atoms with van der Waals surface area (Å²) in [4.78, 5) is 4.90. The van der Waals surface area contributed by atoms with E-state index in [2.05, 4.69) is 142 Å². The lowest BCUT2D eigenvalue weighted by molar-refractivity contribution is -0.646. The van der Waals surface area contributed by atoms with Crippen molar-refractivity contribution in [2.24, 2.45) is 14.1 Å². The Bertz CT molecular complexity index is 1730. The molecule has 0 radical (unpaired) electrons. The smallest absolute Gasteiger partial charge is 0.214 e. The summed E-state index contributed by atoms with van der Waals surface area (Å²) >= 11 is 0. The molecule has 0 amide bonds. The number of ether oxygens (including phenoxy) is 2. The van der Waals surface area contributed by atoms with Gasteiger partial charge in [-0.1, -0.05) is 42.5 Å². The van der Waals surface area contributed by atoms with Crippen molar-refractivity contribution in [1.82, 2.24) is 0 Å². The molecular formula is C38H40N4O2+2.